The Hall–Kier alpha value is -3.34. The van der Waals surface area contributed by atoms with Crippen molar-refractivity contribution in [1.82, 2.24) is 14.8 Å². The van der Waals surface area contributed by atoms with Crippen molar-refractivity contribution in [3.63, 3.8) is 0 Å². The lowest BCUT2D eigenvalue weighted by molar-refractivity contribution is 0.508. The Morgan fingerprint density at radius 3 is 2.75 bits per heavy atom. The van der Waals surface area contributed by atoms with Crippen LogP contribution < -0.4 is 0 Å². The van der Waals surface area contributed by atoms with Gasteiger partial charge in [-0.2, -0.15) is 5.10 Å². The lowest BCUT2D eigenvalue weighted by Gasteiger charge is -2.11. The van der Waals surface area contributed by atoms with E-state index in [1.54, 1.807) is 17.3 Å². The largest absolute Gasteiger partial charge is 0.505 e. The number of rotatable bonds is 4. The van der Waals surface area contributed by atoms with Gasteiger partial charge in [0.25, 0.3) is 0 Å². The molecule has 0 amide bonds. The topological polar surface area (TPSA) is 64.1 Å². The molecule has 2 aromatic carbocycles. The summed E-state index contributed by atoms with van der Waals surface area (Å²) < 4.78 is 6.95. The van der Waals surface area contributed by atoms with Crippen LogP contribution in [0.2, 0.25) is 0 Å². The molecular weight excluding hydrogens is 302 g/mol. The fourth-order valence-corrected chi connectivity index (χ4v) is 2.69. The van der Waals surface area contributed by atoms with Crippen molar-refractivity contribution < 1.29 is 9.52 Å². The first-order chi connectivity index (χ1) is 11.8. The lowest BCUT2D eigenvalue weighted by atomic mass is 10.0. The van der Waals surface area contributed by atoms with Crippen molar-refractivity contribution in [3.05, 3.63) is 84.6 Å². The highest BCUT2D eigenvalue weighted by Gasteiger charge is 2.13. The van der Waals surface area contributed by atoms with E-state index in [0.29, 0.717) is 17.7 Å². The fourth-order valence-electron chi connectivity index (χ4n) is 2.69. The highest BCUT2D eigenvalue weighted by atomic mass is 16.3. The van der Waals surface area contributed by atoms with Gasteiger partial charge in [0.1, 0.15) is 24.0 Å². The number of aromatic nitrogens is 3. The second-order valence-electron chi connectivity index (χ2n) is 5.47. The van der Waals surface area contributed by atoms with Crippen LogP contribution in [0, 0.1) is 0 Å². The number of aliphatic hydroxyl groups excluding tert-OH is 1. The van der Waals surface area contributed by atoms with Crippen molar-refractivity contribution in [2.45, 2.75) is 6.42 Å². The molecule has 4 rings (SSSR count). The third-order valence-electron chi connectivity index (χ3n) is 3.91. The number of fused-ring (bicyclic) bond motifs is 1. The summed E-state index contributed by atoms with van der Waals surface area (Å²) in [6.07, 6.45) is 5.22. The van der Waals surface area contributed by atoms with Crippen LogP contribution in [0.1, 0.15) is 11.1 Å². The molecule has 0 aliphatic rings. The molecule has 1 N–H and O–H groups in total. The zero-order chi connectivity index (χ0) is 16.4. The zero-order valence-corrected chi connectivity index (χ0v) is 12.8. The summed E-state index contributed by atoms with van der Waals surface area (Å²) in [6, 6.07) is 17.4. The average Bonchev–Trinajstić information content (AvgIpc) is 3.30. The van der Waals surface area contributed by atoms with E-state index in [2.05, 4.69) is 10.1 Å². The van der Waals surface area contributed by atoms with E-state index in [1.165, 1.54) is 6.33 Å². The molecule has 2 heterocycles. The van der Waals surface area contributed by atoms with Gasteiger partial charge >= 0.3 is 0 Å². The Kier molecular flexibility index (Phi) is 3.59. The third-order valence-corrected chi connectivity index (χ3v) is 3.91. The molecule has 118 valence electrons. The Labute approximate surface area is 138 Å². The second kappa shape index (κ2) is 6.04. The number of hydrogen-bond acceptors (Lipinski definition) is 4. The minimum absolute atomic E-state index is 0.174. The van der Waals surface area contributed by atoms with Crippen LogP contribution in [0.15, 0.2) is 77.9 Å². The average molecular weight is 317 g/mol. The standard InChI is InChI=1S/C19H15N3O2/c23-19(16-6-7-18-15(11-16)8-9-24-18)17(22-13-20-12-21-22)10-14-4-2-1-3-5-14/h1-9,11-13,23H,10H2. The third kappa shape index (κ3) is 2.67. The monoisotopic (exact) mass is 317 g/mol. The molecule has 0 aliphatic heterocycles. The molecule has 5 nitrogen and oxygen atoms in total. The van der Waals surface area contributed by atoms with Gasteiger partial charge in [0.15, 0.2) is 0 Å². The van der Waals surface area contributed by atoms with Gasteiger partial charge in [-0.1, -0.05) is 30.3 Å². The zero-order valence-electron chi connectivity index (χ0n) is 12.8. The Bertz CT molecular complexity index is 986. The molecule has 4 aromatic rings. The van der Waals surface area contributed by atoms with Crippen LogP contribution in [0.4, 0.5) is 0 Å². The highest BCUT2D eigenvalue weighted by Crippen LogP contribution is 2.26. The van der Waals surface area contributed by atoms with Crippen LogP contribution in [-0.2, 0) is 6.42 Å². The van der Waals surface area contributed by atoms with Crippen LogP contribution in [0.3, 0.4) is 0 Å². The molecule has 0 atom stereocenters. The van der Waals surface area contributed by atoms with Crippen molar-refractivity contribution in [2.24, 2.45) is 0 Å². The van der Waals surface area contributed by atoms with Gasteiger partial charge in [-0.15, -0.1) is 0 Å². The van der Waals surface area contributed by atoms with Gasteiger partial charge in [-0.25, -0.2) is 9.67 Å². The number of benzene rings is 2. The summed E-state index contributed by atoms with van der Waals surface area (Å²) in [5.41, 5.74) is 3.25. The molecule has 5 heteroatoms. The van der Waals surface area contributed by atoms with Gasteiger partial charge in [0.05, 0.1) is 12.0 Å². The Morgan fingerprint density at radius 2 is 1.96 bits per heavy atom. The molecule has 0 unspecified atom stereocenters. The first-order valence-electron chi connectivity index (χ1n) is 7.60. The van der Waals surface area contributed by atoms with Crippen LogP contribution in [0.5, 0.6) is 0 Å². The van der Waals surface area contributed by atoms with Crippen molar-refractivity contribution in [3.8, 4) is 0 Å². The molecule has 2 aromatic heterocycles. The van der Waals surface area contributed by atoms with E-state index in [-0.39, 0.29) is 5.76 Å². The number of aliphatic hydroxyl groups is 1. The fraction of sp³-hybridized carbons (Fsp3) is 0.0526. The van der Waals surface area contributed by atoms with Gasteiger partial charge < -0.3 is 9.52 Å². The molecule has 0 radical (unpaired) electrons. The highest BCUT2D eigenvalue weighted by molar-refractivity contribution is 5.85. The minimum Gasteiger partial charge on any atom is -0.505 e. The van der Waals surface area contributed by atoms with Gasteiger partial charge in [-0.3, -0.25) is 0 Å². The quantitative estimate of drug-likeness (QED) is 0.574. The molecular formula is C19H15N3O2. The molecule has 24 heavy (non-hydrogen) atoms. The number of furan rings is 1. The first-order valence-corrected chi connectivity index (χ1v) is 7.60. The minimum atomic E-state index is 0.174. The summed E-state index contributed by atoms with van der Waals surface area (Å²) in [5, 5.41) is 16.0. The van der Waals surface area contributed by atoms with Gasteiger partial charge in [0.2, 0.25) is 0 Å². The summed E-state index contributed by atoms with van der Waals surface area (Å²) in [7, 11) is 0. The maximum atomic E-state index is 10.9. The smallest absolute Gasteiger partial charge is 0.144 e. The van der Waals surface area contributed by atoms with Crippen molar-refractivity contribution in [2.75, 3.05) is 0 Å². The van der Waals surface area contributed by atoms with Crippen LogP contribution in [0.25, 0.3) is 22.4 Å². The lowest BCUT2D eigenvalue weighted by Crippen LogP contribution is -2.05. The van der Waals surface area contributed by atoms with E-state index < -0.39 is 0 Å². The molecule has 0 fully saturated rings. The van der Waals surface area contributed by atoms with Gasteiger partial charge in [0, 0.05) is 17.4 Å². The van der Waals surface area contributed by atoms with Gasteiger partial charge in [-0.05, 0) is 29.8 Å². The van der Waals surface area contributed by atoms with Crippen LogP contribution >= 0.6 is 0 Å². The molecule has 0 bridgehead atoms. The van der Waals surface area contributed by atoms with E-state index in [0.717, 1.165) is 16.5 Å². The second-order valence-corrected chi connectivity index (χ2v) is 5.47. The number of nitrogens with zero attached hydrogens (tertiary/aromatic N) is 3. The molecule has 0 spiro atoms. The van der Waals surface area contributed by atoms with Crippen molar-refractivity contribution in [1.29, 1.82) is 0 Å². The summed E-state index contributed by atoms with van der Waals surface area (Å²) >= 11 is 0. The van der Waals surface area contributed by atoms with E-state index in [1.807, 2.05) is 54.6 Å². The van der Waals surface area contributed by atoms with Crippen molar-refractivity contribution >= 4 is 22.4 Å². The number of hydrogen-bond donors (Lipinski definition) is 1. The molecule has 0 aliphatic carbocycles. The molecule has 0 saturated heterocycles. The van der Waals surface area contributed by atoms with Crippen LogP contribution in [-0.4, -0.2) is 19.9 Å². The predicted octanol–water partition coefficient (Wildman–Crippen LogP) is 4.15. The summed E-state index contributed by atoms with van der Waals surface area (Å²) in [4.78, 5) is 3.99. The Balaban J connectivity index is 1.82. The Morgan fingerprint density at radius 1 is 1.08 bits per heavy atom. The summed E-state index contributed by atoms with van der Waals surface area (Å²) in [5.74, 6) is 0.174. The van der Waals surface area contributed by atoms with E-state index in [9.17, 15) is 5.11 Å². The van der Waals surface area contributed by atoms with E-state index >= 15 is 0 Å². The maximum absolute atomic E-state index is 10.9. The molecule has 0 saturated carbocycles. The first kappa shape index (κ1) is 14.3. The normalized spacial score (nSPS) is 12.3. The SMILES string of the molecule is OC(=C(Cc1ccccc1)n1cncn1)c1ccc2occc2c1. The number of allylic oxidation sites excluding steroid dienone is 1. The summed E-state index contributed by atoms with van der Waals surface area (Å²) in [6.45, 7) is 0. The maximum Gasteiger partial charge on any atom is 0.144 e. The van der Waals surface area contributed by atoms with E-state index in [4.69, 9.17) is 4.42 Å². The predicted molar refractivity (Wildman–Crippen MR) is 92.1 cm³/mol.